The molecule has 8 heteroatoms. The van der Waals surface area contributed by atoms with Gasteiger partial charge in [0, 0.05) is 12.6 Å². The van der Waals surface area contributed by atoms with Crippen LogP contribution >= 0.6 is 0 Å². The van der Waals surface area contributed by atoms with E-state index in [2.05, 4.69) is 5.32 Å². The number of sulfonamides is 1. The number of amides is 2. The minimum absolute atomic E-state index is 0.0519. The summed E-state index contributed by atoms with van der Waals surface area (Å²) in [6.07, 6.45) is 1.14. The molecule has 0 aromatic heterocycles. The number of hydrogen-bond acceptors (Lipinski definition) is 4. The Bertz CT molecular complexity index is 1390. The molecule has 2 atom stereocenters. The van der Waals surface area contributed by atoms with Crippen molar-refractivity contribution in [2.45, 2.75) is 77.9 Å². The molecule has 0 fully saturated rings. The standard InChI is InChI=1S/C32H41N3O4S/c1-7-26(6)33-32(37)30(8-2)34(21-27-12-10-9-11-13-27)31(36)22-35(28-19-24(4)18-25(5)20-28)40(38,39)29-16-14-23(3)15-17-29/h9-20,26,30H,7-8,21-22H2,1-6H3,(H,33,37)/t26-,30+/m1/s1. The monoisotopic (exact) mass is 563 g/mol. The summed E-state index contributed by atoms with van der Waals surface area (Å²) in [6, 6.07) is 20.7. The van der Waals surface area contributed by atoms with Crippen molar-refractivity contribution in [3.8, 4) is 0 Å². The summed E-state index contributed by atoms with van der Waals surface area (Å²) in [6.45, 7) is 11.2. The number of aryl methyl sites for hydroxylation is 3. The van der Waals surface area contributed by atoms with Crippen LogP contribution in [0.4, 0.5) is 5.69 Å². The Kier molecular flexibility index (Phi) is 10.5. The summed E-state index contributed by atoms with van der Waals surface area (Å²) in [5.41, 5.74) is 3.95. The van der Waals surface area contributed by atoms with Gasteiger partial charge in [-0.1, -0.05) is 67.9 Å². The highest BCUT2D eigenvalue weighted by Gasteiger charge is 2.34. The minimum atomic E-state index is -4.10. The molecule has 0 aliphatic heterocycles. The number of nitrogens with one attached hydrogen (secondary N) is 1. The SMILES string of the molecule is CC[C@@H](C)NC(=O)[C@H](CC)N(Cc1ccccc1)C(=O)CN(c1cc(C)cc(C)c1)S(=O)(=O)c1ccc(C)cc1. The van der Waals surface area contributed by atoms with E-state index in [0.717, 1.165) is 33.0 Å². The van der Waals surface area contributed by atoms with Gasteiger partial charge in [-0.25, -0.2) is 8.42 Å². The third-order valence-electron chi connectivity index (χ3n) is 6.96. The number of anilines is 1. The summed E-state index contributed by atoms with van der Waals surface area (Å²) in [5.74, 6) is -0.703. The minimum Gasteiger partial charge on any atom is -0.352 e. The van der Waals surface area contributed by atoms with Crippen molar-refractivity contribution in [1.82, 2.24) is 10.2 Å². The number of carbonyl (C=O) groups is 2. The second-order valence-electron chi connectivity index (χ2n) is 10.4. The Balaban J connectivity index is 2.08. The highest BCUT2D eigenvalue weighted by Crippen LogP contribution is 2.27. The lowest BCUT2D eigenvalue weighted by Crippen LogP contribution is -2.53. The second-order valence-corrected chi connectivity index (χ2v) is 12.3. The van der Waals surface area contributed by atoms with E-state index in [4.69, 9.17) is 0 Å². The first-order chi connectivity index (χ1) is 19.0. The Morgan fingerprint density at radius 2 is 1.43 bits per heavy atom. The quantitative estimate of drug-likeness (QED) is 0.314. The first kappa shape index (κ1) is 30.9. The lowest BCUT2D eigenvalue weighted by Gasteiger charge is -2.34. The van der Waals surface area contributed by atoms with Gasteiger partial charge in [-0.3, -0.25) is 13.9 Å². The van der Waals surface area contributed by atoms with Gasteiger partial charge in [-0.05, 0) is 81.5 Å². The lowest BCUT2D eigenvalue weighted by atomic mass is 10.1. The number of rotatable bonds is 12. The van der Waals surface area contributed by atoms with Gasteiger partial charge in [-0.15, -0.1) is 0 Å². The van der Waals surface area contributed by atoms with E-state index >= 15 is 0 Å². The normalized spacial score (nSPS) is 12.8. The Hall–Kier alpha value is -3.65. The largest absolute Gasteiger partial charge is 0.352 e. The molecule has 0 heterocycles. The summed E-state index contributed by atoms with van der Waals surface area (Å²) < 4.78 is 29.2. The van der Waals surface area contributed by atoms with E-state index in [9.17, 15) is 18.0 Å². The number of hydrogen-bond donors (Lipinski definition) is 1. The predicted molar refractivity (Wildman–Crippen MR) is 161 cm³/mol. The molecule has 0 aliphatic carbocycles. The first-order valence-corrected chi connectivity index (χ1v) is 15.2. The van der Waals surface area contributed by atoms with Gasteiger partial charge < -0.3 is 10.2 Å². The number of benzene rings is 3. The van der Waals surface area contributed by atoms with Crippen molar-refractivity contribution in [1.29, 1.82) is 0 Å². The molecule has 214 valence electrons. The van der Waals surface area contributed by atoms with Crippen molar-refractivity contribution < 1.29 is 18.0 Å². The zero-order valence-electron chi connectivity index (χ0n) is 24.3. The molecule has 0 saturated heterocycles. The molecule has 3 rings (SSSR count). The van der Waals surface area contributed by atoms with Gasteiger partial charge in [0.05, 0.1) is 10.6 Å². The van der Waals surface area contributed by atoms with Crippen LogP contribution in [0.25, 0.3) is 0 Å². The third-order valence-corrected chi connectivity index (χ3v) is 8.75. The van der Waals surface area contributed by atoms with Crippen LogP contribution in [-0.4, -0.2) is 43.8 Å². The van der Waals surface area contributed by atoms with Gasteiger partial charge in [0.1, 0.15) is 12.6 Å². The topological polar surface area (TPSA) is 86.8 Å². The molecular weight excluding hydrogens is 522 g/mol. The van der Waals surface area contributed by atoms with Crippen LogP contribution in [0.15, 0.2) is 77.7 Å². The summed E-state index contributed by atoms with van der Waals surface area (Å²) in [5, 5.41) is 3.00. The fourth-order valence-corrected chi connectivity index (χ4v) is 6.00. The molecule has 0 spiro atoms. The zero-order valence-corrected chi connectivity index (χ0v) is 25.2. The van der Waals surface area contributed by atoms with Crippen molar-refractivity contribution in [2.75, 3.05) is 10.8 Å². The second kappa shape index (κ2) is 13.6. The first-order valence-electron chi connectivity index (χ1n) is 13.8. The molecule has 0 radical (unpaired) electrons. The maximum Gasteiger partial charge on any atom is 0.264 e. The Morgan fingerprint density at radius 1 is 0.825 bits per heavy atom. The molecule has 40 heavy (non-hydrogen) atoms. The molecular formula is C32H41N3O4S. The number of nitrogens with zero attached hydrogens (tertiary/aromatic N) is 2. The van der Waals surface area contributed by atoms with Crippen molar-refractivity contribution >= 4 is 27.5 Å². The van der Waals surface area contributed by atoms with Crippen LogP contribution in [0, 0.1) is 20.8 Å². The van der Waals surface area contributed by atoms with Crippen molar-refractivity contribution in [3.05, 3.63) is 95.1 Å². The van der Waals surface area contributed by atoms with Crippen LogP contribution < -0.4 is 9.62 Å². The average molecular weight is 564 g/mol. The van der Waals surface area contributed by atoms with Gasteiger partial charge >= 0.3 is 0 Å². The van der Waals surface area contributed by atoms with Crippen LogP contribution in [0.5, 0.6) is 0 Å². The van der Waals surface area contributed by atoms with E-state index in [1.165, 1.54) is 4.90 Å². The van der Waals surface area contributed by atoms with Gasteiger partial charge in [0.2, 0.25) is 11.8 Å². The van der Waals surface area contributed by atoms with E-state index < -0.39 is 28.5 Å². The highest BCUT2D eigenvalue weighted by molar-refractivity contribution is 7.92. The highest BCUT2D eigenvalue weighted by atomic mass is 32.2. The molecule has 1 N–H and O–H groups in total. The molecule has 7 nitrogen and oxygen atoms in total. The van der Waals surface area contributed by atoms with Crippen LogP contribution in [-0.2, 0) is 26.2 Å². The lowest BCUT2D eigenvalue weighted by molar-refractivity contribution is -0.140. The Morgan fingerprint density at radius 3 is 1.98 bits per heavy atom. The van der Waals surface area contributed by atoms with E-state index in [0.29, 0.717) is 12.1 Å². The molecule has 2 amide bonds. The van der Waals surface area contributed by atoms with Crippen molar-refractivity contribution in [2.24, 2.45) is 0 Å². The molecule has 0 aliphatic rings. The van der Waals surface area contributed by atoms with E-state index in [-0.39, 0.29) is 23.4 Å². The Labute approximate surface area is 239 Å². The predicted octanol–water partition coefficient (Wildman–Crippen LogP) is 5.53. The smallest absolute Gasteiger partial charge is 0.264 e. The maximum absolute atomic E-state index is 14.1. The molecule has 3 aromatic carbocycles. The zero-order chi connectivity index (χ0) is 29.4. The third kappa shape index (κ3) is 7.72. The maximum atomic E-state index is 14.1. The van der Waals surface area contributed by atoms with Gasteiger partial charge in [0.25, 0.3) is 10.0 Å². The van der Waals surface area contributed by atoms with E-state index in [1.807, 2.05) is 77.9 Å². The fraction of sp³-hybridized carbons (Fsp3) is 0.375. The molecule has 3 aromatic rings. The van der Waals surface area contributed by atoms with Crippen LogP contribution in [0.3, 0.4) is 0 Å². The van der Waals surface area contributed by atoms with E-state index in [1.54, 1.807) is 36.4 Å². The summed E-state index contributed by atoms with van der Waals surface area (Å²) in [4.78, 5) is 29.1. The van der Waals surface area contributed by atoms with Gasteiger partial charge in [-0.2, -0.15) is 0 Å². The van der Waals surface area contributed by atoms with Crippen molar-refractivity contribution in [3.63, 3.8) is 0 Å². The molecule has 0 bridgehead atoms. The molecule has 0 saturated carbocycles. The number of carbonyl (C=O) groups excluding carboxylic acids is 2. The average Bonchev–Trinajstić information content (AvgIpc) is 2.91. The fourth-order valence-electron chi connectivity index (χ4n) is 4.60. The van der Waals surface area contributed by atoms with Crippen LogP contribution in [0.2, 0.25) is 0 Å². The van der Waals surface area contributed by atoms with Crippen LogP contribution in [0.1, 0.15) is 55.9 Å². The van der Waals surface area contributed by atoms with Gasteiger partial charge in [0.15, 0.2) is 0 Å². The summed E-state index contributed by atoms with van der Waals surface area (Å²) >= 11 is 0. The summed E-state index contributed by atoms with van der Waals surface area (Å²) in [7, 11) is -4.10. The molecule has 0 unspecified atom stereocenters.